The van der Waals surface area contributed by atoms with Crippen molar-refractivity contribution in [3.05, 3.63) is 144 Å². The first-order valence-electron chi connectivity index (χ1n) is 18.8. The fourth-order valence-corrected chi connectivity index (χ4v) is 8.24. The highest BCUT2D eigenvalue weighted by atomic mass is 28.4. The number of aromatic nitrogens is 4. The Hall–Kier alpha value is -5.40. The maximum atomic E-state index is 13.1. The van der Waals surface area contributed by atoms with Gasteiger partial charge in [-0.1, -0.05) is 93.6 Å². The van der Waals surface area contributed by atoms with Gasteiger partial charge in [0.2, 0.25) is 0 Å². The van der Waals surface area contributed by atoms with Crippen molar-refractivity contribution >= 4 is 31.2 Å². The van der Waals surface area contributed by atoms with E-state index in [0.29, 0.717) is 29.0 Å². The zero-order valence-corrected chi connectivity index (χ0v) is 33.9. The van der Waals surface area contributed by atoms with Gasteiger partial charge in [-0.2, -0.15) is 0 Å². The third-order valence-electron chi connectivity index (χ3n) is 11.0. The van der Waals surface area contributed by atoms with Crippen molar-refractivity contribution in [3.8, 4) is 11.5 Å². The minimum absolute atomic E-state index is 0.0502. The van der Waals surface area contributed by atoms with E-state index in [-0.39, 0.29) is 29.8 Å². The Morgan fingerprint density at radius 3 is 1.95 bits per heavy atom. The van der Waals surface area contributed by atoms with Crippen LogP contribution in [0.15, 0.2) is 122 Å². The van der Waals surface area contributed by atoms with Crippen LogP contribution in [-0.2, 0) is 19.5 Å². The normalized spacial score (nSPS) is 17.5. The highest BCUT2D eigenvalue weighted by Crippen LogP contribution is 2.45. The van der Waals surface area contributed by atoms with E-state index in [1.807, 2.05) is 89.5 Å². The molecule has 1 aliphatic rings. The second kappa shape index (κ2) is 16.0. The van der Waals surface area contributed by atoms with Gasteiger partial charge < -0.3 is 28.7 Å². The Bertz CT molecular complexity index is 2200. The number of benzene rings is 4. The molecule has 0 bridgehead atoms. The molecule has 290 valence electrons. The Morgan fingerprint density at radius 2 is 1.38 bits per heavy atom. The highest BCUT2D eigenvalue weighted by Gasteiger charge is 2.47. The minimum Gasteiger partial charge on any atom is -0.497 e. The fraction of sp³-hybridized carbons (Fsp3) is 0.318. The minimum atomic E-state index is -2.30. The number of carbonyl (C=O) groups excluding carboxylic acids is 1. The largest absolute Gasteiger partial charge is 0.497 e. The molecule has 4 aromatic carbocycles. The van der Waals surface area contributed by atoms with Crippen LogP contribution in [0.4, 0.5) is 5.82 Å². The van der Waals surface area contributed by atoms with Crippen molar-refractivity contribution in [1.82, 2.24) is 19.5 Å². The van der Waals surface area contributed by atoms with E-state index in [1.165, 1.54) is 6.33 Å². The fourth-order valence-electron chi connectivity index (χ4n) is 6.92. The zero-order chi connectivity index (χ0) is 39.5. The summed E-state index contributed by atoms with van der Waals surface area (Å²) in [5.41, 5.74) is 3.29. The summed E-state index contributed by atoms with van der Waals surface area (Å²) in [5, 5.41) is 2.86. The number of hydrogen-bond acceptors (Lipinski definition) is 9. The molecule has 0 aliphatic carbocycles. The lowest BCUT2D eigenvalue weighted by Gasteiger charge is -2.39. The van der Waals surface area contributed by atoms with Gasteiger partial charge in [0.25, 0.3) is 5.91 Å². The quantitative estimate of drug-likeness (QED) is 0.0908. The summed E-state index contributed by atoms with van der Waals surface area (Å²) in [6.07, 6.45) is 2.39. The first-order valence-corrected chi connectivity index (χ1v) is 21.7. The molecule has 6 aromatic rings. The lowest BCUT2D eigenvalue weighted by molar-refractivity contribution is -0.0841. The molecule has 0 unspecified atom stereocenters. The number of fused-ring (bicyclic) bond motifs is 1. The van der Waals surface area contributed by atoms with Crippen molar-refractivity contribution in [2.45, 2.75) is 69.4 Å². The monoisotopic (exact) mass is 771 g/mol. The molecule has 1 aliphatic heterocycles. The van der Waals surface area contributed by atoms with Crippen LogP contribution in [0.25, 0.3) is 11.2 Å². The van der Waals surface area contributed by atoms with Gasteiger partial charge in [-0.15, -0.1) is 0 Å². The van der Waals surface area contributed by atoms with Crippen LogP contribution < -0.4 is 14.8 Å². The number of ether oxygens (including phenoxy) is 4. The van der Waals surface area contributed by atoms with E-state index in [4.69, 9.17) is 28.4 Å². The molecular formula is C44H49N5O6Si. The SMILES string of the molecule is COc1ccc(C(OC[C@H]2C[C@@H](O[Si](C)(C)C(C)(C)C)[C@H](n3cnc4c(NC(=O)c5ccccc5)ncnc43)O2)(c2ccccc2)c2ccc(OC)cc2)cc1. The van der Waals surface area contributed by atoms with Gasteiger partial charge in [-0.05, 0) is 71.2 Å². The first kappa shape index (κ1) is 38.9. The van der Waals surface area contributed by atoms with Gasteiger partial charge in [0, 0.05) is 12.0 Å². The van der Waals surface area contributed by atoms with Gasteiger partial charge in [0.05, 0.1) is 39.4 Å². The summed E-state index contributed by atoms with van der Waals surface area (Å²) in [6, 6.07) is 35.2. The number of nitrogens with zero attached hydrogens (tertiary/aromatic N) is 4. The molecular weight excluding hydrogens is 723 g/mol. The topological polar surface area (TPSA) is 119 Å². The molecule has 56 heavy (non-hydrogen) atoms. The Balaban J connectivity index is 1.25. The average Bonchev–Trinajstić information content (AvgIpc) is 3.83. The number of imidazole rings is 1. The molecule has 3 heterocycles. The number of methoxy groups -OCH3 is 2. The maximum absolute atomic E-state index is 13.1. The van der Waals surface area contributed by atoms with Gasteiger partial charge >= 0.3 is 0 Å². The molecule has 1 N–H and O–H groups in total. The second-order valence-corrected chi connectivity index (χ2v) is 20.2. The molecule has 1 saturated heterocycles. The van der Waals surface area contributed by atoms with E-state index in [0.717, 1.165) is 28.2 Å². The zero-order valence-electron chi connectivity index (χ0n) is 32.9. The van der Waals surface area contributed by atoms with E-state index < -0.39 is 20.1 Å². The molecule has 1 fully saturated rings. The number of amides is 1. The highest BCUT2D eigenvalue weighted by molar-refractivity contribution is 6.74. The summed E-state index contributed by atoms with van der Waals surface area (Å²) < 4.78 is 34.3. The van der Waals surface area contributed by atoms with Gasteiger partial charge in [0.1, 0.15) is 23.4 Å². The molecule has 1 amide bonds. The number of nitrogens with one attached hydrogen (secondary N) is 1. The van der Waals surface area contributed by atoms with E-state index >= 15 is 0 Å². The Morgan fingerprint density at radius 1 is 0.804 bits per heavy atom. The molecule has 7 rings (SSSR count). The standard InChI is InChI=1S/C44H49N5O6Si/c1-43(2,3)56(6,7)55-37-26-36(54-42(37)49-29-47-38-39(45-28-46-40(38)49)48-41(50)30-14-10-8-11-15-30)27-53-44(31-16-12-9-13-17-31,32-18-22-34(51-4)23-19-32)33-20-24-35(52-5)25-21-33/h8-25,28-29,36-37,42H,26-27H2,1-7H3,(H,45,46,48,50)/t36-,37-,42-/m1/s1. The predicted molar refractivity (Wildman–Crippen MR) is 219 cm³/mol. The van der Waals surface area contributed by atoms with Crippen molar-refractivity contribution < 1.29 is 28.2 Å². The molecule has 2 aromatic heterocycles. The van der Waals surface area contributed by atoms with Crippen LogP contribution in [0.3, 0.4) is 0 Å². The lowest BCUT2D eigenvalue weighted by atomic mass is 9.80. The van der Waals surface area contributed by atoms with Crippen LogP contribution in [0, 0.1) is 0 Å². The Labute approximate surface area is 329 Å². The molecule has 3 atom stereocenters. The summed E-state index contributed by atoms with van der Waals surface area (Å²) >= 11 is 0. The number of carbonyl (C=O) groups is 1. The van der Waals surface area contributed by atoms with Crippen LogP contribution in [0.2, 0.25) is 18.1 Å². The second-order valence-electron chi connectivity index (χ2n) is 15.5. The molecule has 0 radical (unpaired) electrons. The van der Waals surface area contributed by atoms with Crippen molar-refractivity contribution in [3.63, 3.8) is 0 Å². The first-order chi connectivity index (χ1) is 26.9. The molecule has 0 saturated carbocycles. The summed E-state index contributed by atoms with van der Waals surface area (Å²) in [5.74, 6) is 1.52. The average molecular weight is 772 g/mol. The lowest BCUT2D eigenvalue weighted by Crippen LogP contribution is -2.45. The molecule has 12 heteroatoms. The van der Waals surface area contributed by atoms with Crippen LogP contribution in [-0.4, -0.2) is 66.8 Å². The van der Waals surface area contributed by atoms with Crippen LogP contribution >= 0.6 is 0 Å². The predicted octanol–water partition coefficient (Wildman–Crippen LogP) is 8.78. The molecule has 0 spiro atoms. The van der Waals surface area contributed by atoms with Crippen molar-refractivity contribution in [2.75, 3.05) is 26.1 Å². The van der Waals surface area contributed by atoms with Crippen LogP contribution in [0.1, 0.15) is 60.5 Å². The third-order valence-corrected chi connectivity index (χ3v) is 15.5. The van der Waals surface area contributed by atoms with E-state index in [2.05, 4.69) is 61.3 Å². The number of rotatable bonds is 13. The van der Waals surface area contributed by atoms with Crippen molar-refractivity contribution in [1.29, 1.82) is 0 Å². The van der Waals surface area contributed by atoms with Crippen molar-refractivity contribution in [2.24, 2.45) is 0 Å². The summed E-state index contributed by atoms with van der Waals surface area (Å²) in [4.78, 5) is 26.8. The van der Waals surface area contributed by atoms with E-state index in [1.54, 1.807) is 32.7 Å². The summed E-state index contributed by atoms with van der Waals surface area (Å²) in [7, 11) is 1.02. The number of hydrogen-bond donors (Lipinski definition) is 1. The van der Waals surface area contributed by atoms with Gasteiger partial charge in [-0.3, -0.25) is 9.36 Å². The summed E-state index contributed by atoms with van der Waals surface area (Å²) in [6.45, 7) is 11.4. The Kier molecular flexibility index (Phi) is 11.1. The smallest absolute Gasteiger partial charge is 0.256 e. The van der Waals surface area contributed by atoms with Gasteiger partial charge in [-0.25, -0.2) is 15.0 Å². The third kappa shape index (κ3) is 7.70. The van der Waals surface area contributed by atoms with Crippen LogP contribution in [0.5, 0.6) is 11.5 Å². The van der Waals surface area contributed by atoms with Gasteiger partial charge in [0.15, 0.2) is 31.5 Å². The van der Waals surface area contributed by atoms with E-state index in [9.17, 15) is 4.79 Å². The molecule has 11 nitrogen and oxygen atoms in total. The maximum Gasteiger partial charge on any atom is 0.256 e. The number of anilines is 1.